The number of nitrogens with zero attached hydrogens (tertiary/aromatic N) is 2. The van der Waals surface area contributed by atoms with Crippen molar-refractivity contribution in [2.75, 3.05) is 50.8 Å². The Balaban J connectivity index is 1.49. The van der Waals surface area contributed by atoms with Gasteiger partial charge in [0.25, 0.3) is 0 Å². The number of hydrogen-bond donors (Lipinski definition) is 1. The molecule has 0 aliphatic carbocycles. The van der Waals surface area contributed by atoms with Gasteiger partial charge in [-0.15, -0.1) is 0 Å². The number of anilines is 1. The van der Waals surface area contributed by atoms with Crippen molar-refractivity contribution in [3.05, 3.63) is 30.1 Å². The van der Waals surface area contributed by atoms with Crippen LogP contribution in [0.25, 0.3) is 0 Å². The number of morpholine rings is 1. The maximum atomic E-state index is 13.8. The van der Waals surface area contributed by atoms with E-state index in [2.05, 4.69) is 10.2 Å². The quantitative estimate of drug-likeness (QED) is 0.857. The van der Waals surface area contributed by atoms with Crippen LogP contribution >= 0.6 is 0 Å². The molecule has 24 heavy (non-hydrogen) atoms. The molecular formula is C17H22FN3O3. The van der Waals surface area contributed by atoms with Crippen molar-refractivity contribution in [3.8, 4) is 0 Å². The molecule has 2 amide bonds. The van der Waals surface area contributed by atoms with Crippen LogP contribution in [-0.2, 0) is 14.3 Å². The second-order valence-electron chi connectivity index (χ2n) is 6.10. The summed E-state index contributed by atoms with van der Waals surface area (Å²) >= 11 is 0. The SMILES string of the molecule is O=C(NCCN1CCOCC1)C1CC(=O)N(c2ccccc2F)C1. The fourth-order valence-corrected chi connectivity index (χ4v) is 3.09. The molecule has 6 nitrogen and oxygen atoms in total. The summed E-state index contributed by atoms with van der Waals surface area (Å²) < 4.78 is 19.1. The molecule has 1 atom stereocenters. The van der Waals surface area contributed by atoms with E-state index in [1.165, 1.54) is 11.0 Å². The number of para-hydroxylation sites is 1. The summed E-state index contributed by atoms with van der Waals surface area (Å²) in [4.78, 5) is 28.0. The summed E-state index contributed by atoms with van der Waals surface area (Å²) in [5.74, 6) is -1.23. The maximum absolute atomic E-state index is 13.8. The van der Waals surface area contributed by atoms with Crippen molar-refractivity contribution in [2.24, 2.45) is 5.92 Å². The molecule has 0 radical (unpaired) electrons. The fourth-order valence-electron chi connectivity index (χ4n) is 3.09. The first-order valence-corrected chi connectivity index (χ1v) is 8.28. The van der Waals surface area contributed by atoms with Crippen molar-refractivity contribution < 1.29 is 18.7 Å². The van der Waals surface area contributed by atoms with E-state index in [4.69, 9.17) is 4.74 Å². The first kappa shape index (κ1) is 16.9. The van der Waals surface area contributed by atoms with Crippen LogP contribution in [0, 0.1) is 11.7 Å². The van der Waals surface area contributed by atoms with E-state index in [0.29, 0.717) is 6.54 Å². The first-order valence-electron chi connectivity index (χ1n) is 8.28. The third kappa shape index (κ3) is 3.91. The molecule has 3 rings (SSSR count). The van der Waals surface area contributed by atoms with Gasteiger partial charge in [-0.1, -0.05) is 12.1 Å². The lowest BCUT2D eigenvalue weighted by Gasteiger charge is -2.26. The Labute approximate surface area is 140 Å². The van der Waals surface area contributed by atoms with Gasteiger partial charge in [0.05, 0.1) is 24.8 Å². The molecule has 0 bridgehead atoms. The maximum Gasteiger partial charge on any atom is 0.227 e. The smallest absolute Gasteiger partial charge is 0.227 e. The highest BCUT2D eigenvalue weighted by molar-refractivity contribution is 6.00. The van der Waals surface area contributed by atoms with Crippen LogP contribution in [0.4, 0.5) is 10.1 Å². The second kappa shape index (κ2) is 7.72. The molecule has 2 fully saturated rings. The first-order chi connectivity index (χ1) is 11.6. The number of amides is 2. The van der Waals surface area contributed by atoms with E-state index in [-0.39, 0.29) is 30.5 Å². The topological polar surface area (TPSA) is 61.9 Å². The summed E-state index contributed by atoms with van der Waals surface area (Å²) in [6, 6.07) is 6.14. The molecule has 7 heteroatoms. The van der Waals surface area contributed by atoms with Gasteiger partial charge >= 0.3 is 0 Å². The highest BCUT2D eigenvalue weighted by Crippen LogP contribution is 2.27. The number of carbonyl (C=O) groups excluding carboxylic acids is 2. The van der Waals surface area contributed by atoms with E-state index in [1.807, 2.05) is 0 Å². The van der Waals surface area contributed by atoms with E-state index < -0.39 is 11.7 Å². The minimum atomic E-state index is -0.445. The molecule has 2 heterocycles. The van der Waals surface area contributed by atoms with E-state index in [1.54, 1.807) is 18.2 Å². The van der Waals surface area contributed by atoms with Gasteiger partial charge in [0.1, 0.15) is 5.82 Å². The average Bonchev–Trinajstić information content (AvgIpc) is 2.98. The molecule has 0 spiro atoms. The van der Waals surface area contributed by atoms with E-state index in [0.717, 1.165) is 32.8 Å². The Morgan fingerprint density at radius 3 is 2.79 bits per heavy atom. The van der Waals surface area contributed by atoms with Gasteiger partial charge in [0.2, 0.25) is 11.8 Å². The van der Waals surface area contributed by atoms with Crippen LogP contribution in [0.15, 0.2) is 24.3 Å². The molecule has 2 saturated heterocycles. The molecule has 1 aromatic carbocycles. The Morgan fingerprint density at radius 1 is 1.29 bits per heavy atom. The van der Waals surface area contributed by atoms with Crippen molar-refractivity contribution in [1.29, 1.82) is 0 Å². The van der Waals surface area contributed by atoms with Crippen LogP contribution < -0.4 is 10.2 Å². The number of carbonyl (C=O) groups is 2. The number of hydrogen-bond acceptors (Lipinski definition) is 4. The normalized spacial score (nSPS) is 22.0. The molecule has 0 aromatic heterocycles. The monoisotopic (exact) mass is 335 g/mol. The number of rotatable bonds is 5. The summed E-state index contributed by atoms with van der Waals surface area (Å²) in [6.45, 7) is 4.74. The molecule has 1 unspecified atom stereocenters. The van der Waals surface area contributed by atoms with Crippen LogP contribution in [0.2, 0.25) is 0 Å². The molecule has 2 aliphatic rings. The van der Waals surface area contributed by atoms with Crippen molar-refractivity contribution in [3.63, 3.8) is 0 Å². The Bertz CT molecular complexity index is 604. The van der Waals surface area contributed by atoms with Gasteiger partial charge in [-0.2, -0.15) is 0 Å². The lowest BCUT2D eigenvalue weighted by atomic mass is 10.1. The summed E-state index contributed by atoms with van der Waals surface area (Å²) in [7, 11) is 0. The molecule has 1 N–H and O–H groups in total. The number of nitrogens with one attached hydrogen (secondary N) is 1. The zero-order chi connectivity index (χ0) is 16.9. The zero-order valence-electron chi connectivity index (χ0n) is 13.5. The summed E-state index contributed by atoms with van der Waals surface area (Å²) in [5, 5.41) is 2.89. The molecule has 1 aromatic rings. The number of halogens is 1. The second-order valence-corrected chi connectivity index (χ2v) is 6.10. The lowest BCUT2D eigenvalue weighted by molar-refractivity contribution is -0.126. The zero-order valence-corrected chi connectivity index (χ0v) is 13.5. The van der Waals surface area contributed by atoms with Gasteiger partial charge in [0, 0.05) is 39.1 Å². The van der Waals surface area contributed by atoms with Gasteiger partial charge in [0.15, 0.2) is 0 Å². The van der Waals surface area contributed by atoms with Gasteiger partial charge < -0.3 is 15.0 Å². The van der Waals surface area contributed by atoms with Crippen molar-refractivity contribution >= 4 is 17.5 Å². The van der Waals surface area contributed by atoms with Gasteiger partial charge in [-0.3, -0.25) is 14.5 Å². The fraction of sp³-hybridized carbons (Fsp3) is 0.529. The van der Waals surface area contributed by atoms with Gasteiger partial charge in [-0.25, -0.2) is 4.39 Å². The number of benzene rings is 1. The molecule has 2 aliphatic heterocycles. The van der Waals surface area contributed by atoms with E-state index in [9.17, 15) is 14.0 Å². The minimum absolute atomic E-state index is 0.123. The van der Waals surface area contributed by atoms with Crippen molar-refractivity contribution in [2.45, 2.75) is 6.42 Å². The van der Waals surface area contributed by atoms with Crippen LogP contribution in [0.1, 0.15) is 6.42 Å². The Kier molecular flexibility index (Phi) is 5.42. The molecular weight excluding hydrogens is 313 g/mol. The minimum Gasteiger partial charge on any atom is -0.379 e. The number of ether oxygens (including phenoxy) is 1. The van der Waals surface area contributed by atoms with Crippen molar-refractivity contribution in [1.82, 2.24) is 10.2 Å². The lowest BCUT2D eigenvalue weighted by Crippen LogP contribution is -2.42. The third-order valence-corrected chi connectivity index (χ3v) is 4.47. The van der Waals surface area contributed by atoms with Crippen LogP contribution in [0.3, 0.4) is 0 Å². The Morgan fingerprint density at radius 2 is 2.04 bits per heavy atom. The predicted octanol–water partition coefficient (Wildman–Crippen LogP) is 0.627. The largest absolute Gasteiger partial charge is 0.379 e. The molecule has 130 valence electrons. The predicted molar refractivity (Wildman–Crippen MR) is 87.1 cm³/mol. The third-order valence-electron chi connectivity index (χ3n) is 4.47. The van der Waals surface area contributed by atoms with Crippen LogP contribution in [-0.4, -0.2) is 62.7 Å². The summed E-state index contributed by atoms with van der Waals surface area (Å²) in [5.41, 5.74) is 0.242. The molecule has 0 saturated carbocycles. The highest BCUT2D eigenvalue weighted by atomic mass is 19.1. The summed E-state index contributed by atoms with van der Waals surface area (Å²) in [6.07, 6.45) is 0.123. The average molecular weight is 335 g/mol. The van der Waals surface area contributed by atoms with E-state index >= 15 is 0 Å². The Hall–Kier alpha value is -1.99. The highest BCUT2D eigenvalue weighted by Gasteiger charge is 2.35. The standard InChI is InChI=1S/C17H22FN3O3/c18-14-3-1-2-4-15(14)21-12-13(11-16(21)22)17(23)19-5-6-20-7-9-24-10-8-20/h1-4,13H,5-12H2,(H,19,23). The van der Waals surface area contributed by atoms with Crippen LogP contribution in [0.5, 0.6) is 0 Å². The van der Waals surface area contributed by atoms with Gasteiger partial charge in [-0.05, 0) is 12.1 Å².